The Labute approximate surface area is 182 Å². The average Bonchev–Trinajstić information content (AvgIpc) is 2.81. The predicted octanol–water partition coefficient (Wildman–Crippen LogP) is 3.05. The molecule has 0 radical (unpaired) electrons. The summed E-state index contributed by atoms with van der Waals surface area (Å²) in [4.78, 5) is 47.1. The summed E-state index contributed by atoms with van der Waals surface area (Å²) in [5, 5.41) is 1.65. The van der Waals surface area contributed by atoms with Gasteiger partial charge in [-0.2, -0.15) is 0 Å². The Balaban J connectivity index is 1.50. The lowest BCUT2D eigenvalue weighted by Gasteiger charge is -2.20. The summed E-state index contributed by atoms with van der Waals surface area (Å²) in [6, 6.07) is 21.7. The van der Waals surface area contributed by atoms with Crippen LogP contribution in [0.3, 0.4) is 0 Å². The Bertz CT molecular complexity index is 1560. The molecule has 2 heterocycles. The Morgan fingerprint density at radius 3 is 2.09 bits per heavy atom. The molecular weight excluding hydrogens is 404 g/mol. The molecule has 1 N–H and O–H groups in total. The van der Waals surface area contributed by atoms with E-state index >= 15 is 0 Å². The van der Waals surface area contributed by atoms with Crippen molar-refractivity contribution >= 4 is 38.6 Å². The first-order valence-corrected chi connectivity index (χ1v) is 10.2. The van der Waals surface area contributed by atoms with Crippen LogP contribution >= 0.6 is 0 Å². The van der Waals surface area contributed by atoms with E-state index in [4.69, 9.17) is 0 Å². The molecule has 7 heteroatoms. The minimum absolute atomic E-state index is 0.0498. The van der Waals surface area contributed by atoms with E-state index in [0.717, 1.165) is 0 Å². The molecule has 5 aromatic rings. The van der Waals surface area contributed by atoms with Gasteiger partial charge in [0.25, 0.3) is 5.56 Å². The summed E-state index contributed by atoms with van der Waals surface area (Å²) in [6.07, 6.45) is 0. The van der Waals surface area contributed by atoms with Gasteiger partial charge in [-0.1, -0.05) is 36.4 Å². The topological polar surface area (TPSA) is 88.1 Å². The fourth-order valence-electron chi connectivity index (χ4n) is 4.03. The number of fused-ring (bicyclic) bond motifs is 3. The molecule has 0 aliphatic heterocycles. The summed E-state index contributed by atoms with van der Waals surface area (Å²) in [7, 11) is 1.67. The molecule has 0 saturated carbocycles. The number of nitrogens with zero attached hydrogens (tertiary/aromatic N) is 3. The van der Waals surface area contributed by atoms with E-state index < -0.39 is 0 Å². The molecule has 32 heavy (non-hydrogen) atoms. The first-order chi connectivity index (χ1) is 15.5. The number of nitrogens with one attached hydrogen (secondary N) is 1. The number of hydrogen-bond acceptors (Lipinski definition) is 4. The standard InChI is InChI=1S/C25H20N4O3/c1-28(14-22-26-19-11-5-2-8-16(19)25(32)27-22)23(30)15-29-20-12-6-3-9-17(20)24(31)18-10-4-7-13-21(18)29/h2-13H,14-15H2,1H3,(H,26,27,32). The number of aromatic nitrogens is 3. The monoisotopic (exact) mass is 424 g/mol. The molecule has 3 aromatic carbocycles. The Kier molecular flexibility index (Phi) is 4.78. The van der Waals surface area contributed by atoms with Crippen molar-refractivity contribution in [2.75, 3.05) is 7.05 Å². The molecule has 0 fully saturated rings. The smallest absolute Gasteiger partial charge is 0.258 e. The van der Waals surface area contributed by atoms with Gasteiger partial charge in [-0.3, -0.25) is 14.4 Å². The second-order valence-corrected chi connectivity index (χ2v) is 7.73. The number of carbonyl (C=O) groups excluding carboxylic acids is 1. The van der Waals surface area contributed by atoms with E-state index in [9.17, 15) is 14.4 Å². The lowest BCUT2D eigenvalue weighted by atomic mass is 10.1. The highest BCUT2D eigenvalue weighted by Gasteiger charge is 2.16. The van der Waals surface area contributed by atoms with Crippen molar-refractivity contribution in [3.63, 3.8) is 0 Å². The molecule has 1 amide bonds. The van der Waals surface area contributed by atoms with Crippen molar-refractivity contribution in [3.05, 3.63) is 99.2 Å². The molecule has 0 aliphatic carbocycles. The van der Waals surface area contributed by atoms with Gasteiger partial charge in [-0.05, 0) is 36.4 Å². The first kappa shape index (κ1) is 19.7. The summed E-state index contributed by atoms with van der Waals surface area (Å²) in [5.74, 6) is 0.249. The van der Waals surface area contributed by atoms with Crippen molar-refractivity contribution in [2.24, 2.45) is 0 Å². The second kappa shape index (κ2) is 7.77. The molecule has 7 nitrogen and oxygen atoms in total. The van der Waals surface area contributed by atoms with Gasteiger partial charge in [0.05, 0.1) is 28.5 Å². The number of aromatic amines is 1. The SMILES string of the molecule is CN(Cc1nc2ccccc2c(=O)[nH]1)C(=O)Cn1c2ccccc2c(=O)c2ccccc21. The van der Waals surface area contributed by atoms with Gasteiger partial charge < -0.3 is 14.5 Å². The van der Waals surface area contributed by atoms with Crippen LogP contribution in [0.1, 0.15) is 5.82 Å². The molecule has 5 rings (SSSR count). The van der Waals surface area contributed by atoms with Gasteiger partial charge >= 0.3 is 0 Å². The summed E-state index contributed by atoms with van der Waals surface area (Å²) in [6.45, 7) is 0.213. The molecule has 0 aliphatic rings. The normalized spacial score (nSPS) is 11.3. The highest BCUT2D eigenvalue weighted by molar-refractivity contribution is 5.94. The number of benzene rings is 3. The van der Waals surface area contributed by atoms with Gasteiger partial charge in [-0.15, -0.1) is 0 Å². The van der Waals surface area contributed by atoms with Crippen LogP contribution in [0.15, 0.2) is 82.4 Å². The number of hydrogen-bond donors (Lipinski definition) is 1. The zero-order valence-electron chi connectivity index (χ0n) is 17.4. The molecule has 0 bridgehead atoms. The third-order valence-electron chi connectivity index (χ3n) is 5.65. The fraction of sp³-hybridized carbons (Fsp3) is 0.120. The predicted molar refractivity (Wildman–Crippen MR) is 125 cm³/mol. The van der Waals surface area contributed by atoms with Crippen molar-refractivity contribution in [1.82, 2.24) is 19.4 Å². The van der Waals surface area contributed by atoms with Crippen molar-refractivity contribution in [3.8, 4) is 0 Å². The van der Waals surface area contributed by atoms with E-state index in [1.54, 1.807) is 37.4 Å². The Morgan fingerprint density at radius 2 is 1.44 bits per heavy atom. The van der Waals surface area contributed by atoms with Crippen LogP contribution in [0, 0.1) is 0 Å². The first-order valence-electron chi connectivity index (χ1n) is 10.2. The van der Waals surface area contributed by atoms with Crippen LogP contribution in [-0.2, 0) is 17.9 Å². The van der Waals surface area contributed by atoms with Crippen LogP contribution in [-0.4, -0.2) is 32.4 Å². The van der Waals surface area contributed by atoms with E-state index in [1.807, 2.05) is 47.0 Å². The number of para-hydroxylation sites is 3. The van der Waals surface area contributed by atoms with E-state index in [-0.39, 0.29) is 30.0 Å². The van der Waals surface area contributed by atoms with Crippen molar-refractivity contribution < 1.29 is 4.79 Å². The number of carbonyl (C=O) groups is 1. The maximum atomic E-state index is 13.1. The highest BCUT2D eigenvalue weighted by Crippen LogP contribution is 2.19. The zero-order chi connectivity index (χ0) is 22.2. The molecule has 0 saturated heterocycles. The number of pyridine rings is 1. The summed E-state index contributed by atoms with van der Waals surface area (Å²) < 4.78 is 1.86. The minimum Gasteiger partial charge on any atom is -0.337 e. The van der Waals surface area contributed by atoms with Gasteiger partial charge in [0.2, 0.25) is 5.91 Å². The minimum atomic E-state index is -0.233. The summed E-state index contributed by atoms with van der Waals surface area (Å²) >= 11 is 0. The van der Waals surface area contributed by atoms with Crippen LogP contribution < -0.4 is 11.0 Å². The number of rotatable bonds is 4. The quantitative estimate of drug-likeness (QED) is 0.449. The summed E-state index contributed by atoms with van der Waals surface area (Å²) in [5.41, 5.74) is 1.71. The second-order valence-electron chi connectivity index (χ2n) is 7.73. The van der Waals surface area contributed by atoms with Crippen molar-refractivity contribution in [1.29, 1.82) is 0 Å². The van der Waals surface area contributed by atoms with Crippen LogP contribution in [0.2, 0.25) is 0 Å². The molecule has 2 aromatic heterocycles. The fourth-order valence-corrected chi connectivity index (χ4v) is 4.03. The third-order valence-corrected chi connectivity index (χ3v) is 5.65. The van der Waals surface area contributed by atoms with Gasteiger partial charge in [0.1, 0.15) is 12.4 Å². The maximum absolute atomic E-state index is 13.1. The Morgan fingerprint density at radius 1 is 0.875 bits per heavy atom. The van der Waals surface area contributed by atoms with Gasteiger partial charge in [0, 0.05) is 17.8 Å². The largest absolute Gasteiger partial charge is 0.337 e. The molecule has 0 unspecified atom stereocenters. The Hall–Kier alpha value is -4.26. The molecule has 158 valence electrons. The number of likely N-dealkylation sites (N-methyl/N-ethyl adjacent to an activating group) is 1. The highest BCUT2D eigenvalue weighted by atomic mass is 16.2. The van der Waals surface area contributed by atoms with Crippen LogP contribution in [0.25, 0.3) is 32.7 Å². The maximum Gasteiger partial charge on any atom is 0.258 e. The van der Waals surface area contributed by atoms with Gasteiger partial charge in [-0.25, -0.2) is 4.98 Å². The third kappa shape index (κ3) is 3.33. The molecule has 0 atom stereocenters. The van der Waals surface area contributed by atoms with E-state index in [2.05, 4.69) is 9.97 Å². The van der Waals surface area contributed by atoms with Gasteiger partial charge in [0.15, 0.2) is 5.43 Å². The van der Waals surface area contributed by atoms with Crippen molar-refractivity contribution in [2.45, 2.75) is 13.1 Å². The lowest BCUT2D eigenvalue weighted by molar-refractivity contribution is -0.131. The zero-order valence-corrected chi connectivity index (χ0v) is 17.4. The van der Waals surface area contributed by atoms with Crippen LogP contribution in [0.4, 0.5) is 0 Å². The average molecular weight is 424 g/mol. The molecule has 0 spiro atoms. The van der Waals surface area contributed by atoms with E-state index in [1.165, 1.54) is 4.90 Å². The van der Waals surface area contributed by atoms with E-state index in [0.29, 0.717) is 38.5 Å². The number of amides is 1. The molecular formula is C25H20N4O3. The number of H-pyrrole nitrogens is 1. The van der Waals surface area contributed by atoms with Crippen LogP contribution in [0.5, 0.6) is 0 Å². The lowest BCUT2D eigenvalue weighted by Crippen LogP contribution is -2.32.